The fourth-order valence-electron chi connectivity index (χ4n) is 6.07. The van der Waals surface area contributed by atoms with Crippen molar-refractivity contribution < 1.29 is 34.1 Å². The maximum absolute atomic E-state index is 13.4. The number of hydrogen-bond acceptors (Lipinski definition) is 7. The molecule has 0 spiro atoms. The monoisotopic (exact) mass is 645 g/mol. The van der Waals surface area contributed by atoms with Gasteiger partial charge >= 0.3 is 11.9 Å². The van der Waals surface area contributed by atoms with E-state index in [4.69, 9.17) is 10.2 Å². The van der Waals surface area contributed by atoms with Crippen LogP contribution in [0.25, 0.3) is 0 Å². The van der Waals surface area contributed by atoms with E-state index in [0.29, 0.717) is 31.2 Å². The molecule has 10 heteroatoms. The Balaban J connectivity index is 1.50. The zero-order valence-corrected chi connectivity index (χ0v) is 26.7. The molecule has 0 fully saturated rings. The number of carbonyl (C=O) groups excluding carboxylic acids is 1. The highest BCUT2D eigenvalue weighted by atomic mass is 19.1. The molecule has 0 radical (unpaired) electrons. The molecule has 4 N–H and O–H groups in total. The van der Waals surface area contributed by atoms with E-state index in [2.05, 4.69) is 27.3 Å². The molecule has 1 heterocycles. The van der Waals surface area contributed by atoms with Crippen LogP contribution in [0, 0.1) is 17.7 Å². The first kappa shape index (κ1) is 35.3. The molecule has 0 saturated heterocycles. The summed E-state index contributed by atoms with van der Waals surface area (Å²) in [6.07, 6.45) is 4.48. The third-order valence-corrected chi connectivity index (χ3v) is 8.86. The molecule has 4 rings (SSSR count). The third-order valence-electron chi connectivity index (χ3n) is 8.86. The minimum atomic E-state index is -1.44. The minimum absolute atomic E-state index is 0.0298. The summed E-state index contributed by atoms with van der Waals surface area (Å²) < 4.78 is 13.4. The second-order valence-electron chi connectivity index (χ2n) is 12.1. The van der Waals surface area contributed by atoms with E-state index in [-0.39, 0.29) is 18.3 Å². The smallest absolute Gasteiger partial charge is 0.317 e. The maximum Gasteiger partial charge on any atom is 0.317 e. The first-order valence-corrected chi connectivity index (χ1v) is 16.2. The third kappa shape index (κ3) is 10.2. The van der Waals surface area contributed by atoms with Crippen molar-refractivity contribution in [2.24, 2.45) is 16.8 Å². The normalized spacial score (nSPS) is 14.9. The van der Waals surface area contributed by atoms with Gasteiger partial charge in [-0.15, -0.1) is 0 Å². The second-order valence-corrected chi connectivity index (χ2v) is 12.1. The number of aliphatic imine (C=N–C) groups is 1. The van der Waals surface area contributed by atoms with Gasteiger partial charge in [0.05, 0.1) is 18.0 Å². The standard InChI is InChI=1S/C37H44FN3O6/c1-41(31-18-8-26(9-19-31)10-21-34-39-22-3-23-40-34)35(29(24-42)15-20-33(43)27-13-16-30(38)17-14-27)28-11-6-25(7-12-28)4-2-5-32(36(44)45)37(46)47/h6-9,11-14,16-19,24,29,32-33,35,43H,2-5,10,15,20-23H2,1H3,(H,39,40)(H,44,45)(H,46,47)/t29-,33-,35+/m0/s1. The largest absolute Gasteiger partial charge is 0.481 e. The van der Waals surface area contributed by atoms with Crippen molar-refractivity contribution in [3.05, 3.63) is 101 Å². The van der Waals surface area contributed by atoms with E-state index in [0.717, 1.165) is 61.3 Å². The number of carbonyl (C=O) groups is 3. The summed E-state index contributed by atoms with van der Waals surface area (Å²) >= 11 is 0. The van der Waals surface area contributed by atoms with Gasteiger partial charge in [0, 0.05) is 38.2 Å². The minimum Gasteiger partial charge on any atom is -0.481 e. The molecule has 250 valence electrons. The van der Waals surface area contributed by atoms with Crippen molar-refractivity contribution in [1.82, 2.24) is 5.32 Å². The number of benzene rings is 3. The molecule has 3 atom stereocenters. The maximum atomic E-state index is 13.4. The number of rotatable bonds is 18. The zero-order valence-electron chi connectivity index (χ0n) is 26.7. The molecule has 0 bridgehead atoms. The summed E-state index contributed by atoms with van der Waals surface area (Å²) in [5.74, 6) is -3.94. The van der Waals surface area contributed by atoms with Crippen LogP contribution in [0.15, 0.2) is 77.8 Å². The van der Waals surface area contributed by atoms with E-state index < -0.39 is 29.9 Å². The molecule has 0 saturated carbocycles. The van der Waals surface area contributed by atoms with Gasteiger partial charge < -0.3 is 30.3 Å². The summed E-state index contributed by atoms with van der Waals surface area (Å²) in [6.45, 7) is 1.82. The lowest BCUT2D eigenvalue weighted by Crippen LogP contribution is -2.32. The lowest BCUT2D eigenvalue weighted by Gasteiger charge is -2.35. The first-order valence-electron chi connectivity index (χ1n) is 16.2. The molecule has 3 aromatic rings. The predicted molar refractivity (Wildman–Crippen MR) is 179 cm³/mol. The average molecular weight is 646 g/mol. The number of aldehydes is 1. The van der Waals surface area contributed by atoms with Crippen molar-refractivity contribution in [2.45, 2.75) is 63.5 Å². The van der Waals surface area contributed by atoms with Crippen LogP contribution in [-0.4, -0.2) is 59.5 Å². The highest BCUT2D eigenvalue weighted by Gasteiger charge is 2.29. The van der Waals surface area contributed by atoms with E-state index in [1.54, 1.807) is 12.1 Å². The average Bonchev–Trinajstić information content (AvgIpc) is 3.08. The number of amidine groups is 1. The van der Waals surface area contributed by atoms with Crippen LogP contribution in [0.2, 0.25) is 0 Å². The number of aliphatic hydroxyl groups is 1. The molecular weight excluding hydrogens is 601 g/mol. The fourth-order valence-corrected chi connectivity index (χ4v) is 6.07. The highest BCUT2D eigenvalue weighted by molar-refractivity contribution is 5.92. The Kier molecular flexibility index (Phi) is 13.0. The molecule has 0 aromatic heterocycles. The van der Waals surface area contributed by atoms with Crippen LogP contribution in [0.3, 0.4) is 0 Å². The SMILES string of the molecule is CN(c1ccc(CCC2=NCCCN2)cc1)[C@H](c1ccc(CCCC(C(=O)O)C(=O)O)cc1)[C@H](C=O)CC[C@H](O)c1ccc(F)cc1. The van der Waals surface area contributed by atoms with Gasteiger partial charge in [-0.05, 0) is 91.5 Å². The number of aliphatic carboxylic acids is 2. The number of nitrogens with zero attached hydrogens (tertiary/aromatic N) is 2. The van der Waals surface area contributed by atoms with Gasteiger partial charge in [-0.25, -0.2) is 4.39 Å². The van der Waals surface area contributed by atoms with Crippen LogP contribution in [-0.2, 0) is 27.2 Å². The number of aliphatic hydroxyl groups excluding tert-OH is 1. The van der Waals surface area contributed by atoms with E-state index >= 15 is 0 Å². The lowest BCUT2D eigenvalue weighted by molar-refractivity contribution is -0.154. The fraction of sp³-hybridized carbons (Fsp3) is 0.405. The molecular formula is C37H44FN3O6. The zero-order chi connectivity index (χ0) is 33.8. The highest BCUT2D eigenvalue weighted by Crippen LogP contribution is 2.35. The quantitative estimate of drug-likeness (QED) is 0.101. The second kappa shape index (κ2) is 17.4. The molecule has 1 aliphatic heterocycles. The van der Waals surface area contributed by atoms with Crippen molar-refractivity contribution in [2.75, 3.05) is 25.0 Å². The molecule has 9 nitrogen and oxygen atoms in total. The Bertz CT molecular complexity index is 1480. The summed E-state index contributed by atoms with van der Waals surface area (Å²) in [7, 11) is 1.94. The Morgan fingerprint density at radius 3 is 2.09 bits per heavy atom. The van der Waals surface area contributed by atoms with E-state index in [1.165, 1.54) is 17.7 Å². The summed E-state index contributed by atoms with van der Waals surface area (Å²) in [5.41, 5.74) is 4.52. The van der Waals surface area contributed by atoms with E-state index in [1.807, 2.05) is 43.4 Å². The summed E-state index contributed by atoms with van der Waals surface area (Å²) in [4.78, 5) is 41.7. The predicted octanol–water partition coefficient (Wildman–Crippen LogP) is 5.76. The van der Waals surface area contributed by atoms with Gasteiger partial charge in [-0.2, -0.15) is 0 Å². The van der Waals surface area contributed by atoms with Crippen molar-refractivity contribution in [3.63, 3.8) is 0 Å². The number of hydrogen-bond donors (Lipinski definition) is 4. The Morgan fingerprint density at radius 1 is 0.872 bits per heavy atom. The van der Waals surface area contributed by atoms with Crippen LogP contribution in [0.1, 0.15) is 72.9 Å². The molecule has 3 aromatic carbocycles. The van der Waals surface area contributed by atoms with Crippen LogP contribution >= 0.6 is 0 Å². The lowest BCUT2D eigenvalue weighted by atomic mass is 9.86. The Hall–Kier alpha value is -4.57. The molecule has 0 amide bonds. The topological polar surface area (TPSA) is 140 Å². The molecule has 0 aliphatic carbocycles. The first-order chi connectivity index (χ1) is 22.7. The Labute approximate surface area is 275 Å². The number of halogens is 1. The van der Waals surface area contributed by atoms with Crippen LogP contribution in [0.4, 0.5) is 10.1 Å². The number of anilines is 1. The summed E-state index contributed by atoms with van der Waals surface area (Å²) in [6, 6.07) is 21.3. The number of carboxylic acids is 2. The van der Waals surface area contributed by atoms with Crippen LogP contribution < -0.4 is 10.2 Å². The molecule has 1 aliphatic rings. The van der Waals surface area contributed by atoms with Crippen LogP contribution in [0.5, 0.6) is 0 Å². The molecule has 0 unspecified atom stereocenters. The van der Waals surface area contributed by atoms with Crippen molar-refractivity contribution in [3.8, 4) is 0 Å². The number of nitrogens with one attached hydrogen (secondary N) is 1. The van der Waals surface area contributed by atoms with Gasteiger partial charge in [0.25, 0.3) is 0 Å². The van der Waals surface area contributed by atoms with Gasteiger partial charge in [0.1, 0.15) is 12.1 Å². The molecule has 47 heavy (non-hydrogen) atoms. The van der Waals surface area contributed by atoms with Gasteiger partial charge in [0.2, 0.25) is 0 Å². The number of carboxylic acid groups (broad SMARTS) is 2. The van der Waals surface area contributed by atoms with Crippen molar-refractivity contribution in [1.29, 1.82) is 0 Å². The van der Waals surface area contributed by atoms with Crippen molar-refractivity contribution >= 4 is 29.7 Å². The summed E-state index contributed by atoms with van der Waals surface area (Å²) in [5, 5.41) is 32.5. The van der Waals surface area contributed by atoms with E-state index in [9.17, 15) is 23.9 Å². The Morgan fingerprint density at radius 2 is 1.49 bits per heavy atom. The van der Waals surface area contributed by atoms with Gasteiger partial charge in [-0.3, -0.25) is 14.6 Å². The van der Waals surface area contributed by atoms with Gasteiger partial charge in [0.15, 0.2) is 5.92 Å². The van der Waals surface area contributed by atoms with Gasteiger partial charge in [-0.1, -0.05) is 48.5 Å². The number of aryl methyl sites for hydroxylation is 2.